The molecule has 2 heterocycles. The van der Waals surface area contributed by atoms with Gasteiger partial charge in [-0.2, -0.15) is 0 Å². The van der Waals surface area contributed by atoms with Crippen LogP contribution in [-0.4, -0.2) is 60.7 Å². The van der Waals surface area contributed by atoms with Crippen molar-refractivity contribution < 1.29 is 9.53 Å². The first-order valence-electron chi connectivity index (χ1n) is 8.39. The van der Waals surface area contributed by atoms with Crippen molar-refractivity contribution >= 4 is 17.5 Å². The lowest BCUT2D eigenvalue weighted by Crippen LogP contribution is -2.36. The lowest BCUT2D eigenvalue weighted by atomic mass is 10.2. The van der Waals surface area contributed by atoms with Crippen LogP contribution in [0.15, 0.2) is 42.7 Å². The van der Waals surface area contributed by atoms with Crippen LogP contribution in [0.2, 0.25) is 0 Å². The minimum atomic E-state index is 0.00962. The van der Waals surface area contributed by atoms with E-state index in [1.807, 2.05) is 36.4 Å². The van der Waals surface area contributed by atoms with Gasteiger partial charge in [-0.3, -0.25) is 4.79 Å². The van der Waals surface area contributed by atoms with Crippen molar-refractivity contribution in [1.82, 2.24) is 14.9 Å². The zero-order valence-corrected chi connectivity index (χ0v) is 14.4. The van der Waals surface area contributed by atoms with Crippen molar-refractivity contribution in [3.63, 3.8) is 0 Å². The summed E-state index contributed by atoms with van der Waals surface area (Å²) in [5.74, 6) is 1.51. The Hall–Kier alpha value is -2.67. The summed E-state index contributed by atoms with van der Waals surface area (Å²) in [6.45, 7) is 3.82. The molecule has 0 unspecified atom stereocenters. The molecular formula is C18H23N5O2. The number of amides is 1. The fourth-order valence-electron chi connectivity index (χ4n) is 2.66. The maximum Gasteiger partial charge on any atom is 0.241 e. The van der Waals surface area contributed by atoms with Gasteiger partial charge in [-0.05, 0) is 5.56 Å². The average Bonchev–Trinajstić information content (AvgIpc) is 2.68. The molecule has 7 nitrogen and oxygen atoms in total. The molecule has 25 heavy (non-hydrogen) atoms. The highest BCUT2D eigenvalue weighted by Gasteiger charge is 2.14. The van der Waals surface area contributed by atoms with Gasteiger partial charge in [0.1, 0.15) is 18.0 Å². The molecule has 0 bridgehead atoms. The van der Waals surface area contributed by atoms with Gasteiger partial charge in [-0.15, -0.1) is 0 Å². The SMILES string of the molecule is CN(Cc1ccccc1)C(=O)CNc1cc(N2CCOCC2)ncn1. The molecule has 1 amide bonds. The van der Waals surface area contributed by atoms with Crippen LogP contribution in [0.3, 0.4) is 0 Å². The number of carbonyl (C=O) groups is 1. The number of nitrogens with one attached hydrogen (secondary N) is 1. The smallest absolute Gasteiger partial charge is 0.241 e. The van der Waals surface area contributed by atoms with Gasteiger partial charge in [0.2, 0.25) is 5.91 Å². The number of nitrogens with zero attached hydrogens (tertiary/aromatic N) is 4. The Balaban J connectivity index is 1.53. The Morgan fingerprint density at radius 3 is 2.76 bits per heavy atom. The van der Waals surface area contributed by atoms with Gasteiger partial charge in [-0.1, -0.05) is 30.3 Å². The van der Waals surface area contributed by atoms with Crippen molar-refractivity contribution in [2.75, 3.05) is 50.1 Å². The van der Waals surface area contributed by atoms with E-state index in [9.17, 15) is 4.79 Å². The molecule has 7 heteroatoms. The summed E-state index contributed by atoms with van der Waals surface area (Å²) in [6.07, 6.45) is 1.52. The molecule has 0 spiro atoms. The highest BCUT2D eigenvalue weighted by molar-refractivity contribution is 5.80. The molecule has 1 aliphatic heterocycles. The second-order valence-corrected chi connectivity index (χ2v) is 5.95. The quantitative estimate of drug-likeness (QED) is 0.856. The van der Waals surface area contributed by atoms with Crippen molar-refractivity contribution in [2.24, 2.45) is 0 Å². The van der Waals surface area contributed by atoms with Crippen molar-refractivity contribution in [3.8, 4) is 0 Å². The van der Waals surface area contributed by atoms with E-state index in [1.54, 1.807) is 11.9 Å². The van der Waals surface area contributed by atoms with E-state index in [0.717, 1.165) is 24.5 Å². The molecular weight excluding hydrogens is 318 g/mol. The standard InChI is InChI=1S/C18H23N5O2/c1-22(13-15-5-3-2-4-6-15)18(24)12-19-16-11-17(21-14-20-16)23-7-9-25-10-8-23/h2-6,11,14H,7-10,12-13H2,1H3,(H,19,20,21). The minimum absolute atomic E-state index is 0.00962. The molecule has 1 N–H and O–H groups in total. The van der Waals surface area contributed by atoms with E-state index in [4.69, 9.17) is 4.74 Å². The summed E-state index contributed by atoms with van der Waals surface area (Å²) in [5, 5.41) is 3.09. The predicted molar refractivity (Wildman–Crippen MR) is 96.5 cm³/mol. The zero-order chi connectivity index (χ0) is 17.5. The Kier molecular flexibility index (Phi) is 5.79. The fourth-order valence-corrected chi connectivity index (χ4v) is 2.66. The topological polar surface area (TPSA) is 70.6 Å². The van der Waals surface area contributed by atoms with Gasteiger partial charge in [-0.25, -0.2) is 9.97 Å². The fraction of sp³-hybridized carbons (Fsp3) is 0.389. The number of ether oxygens (including phenoxy) is 1. The lowest BCUT2D eigenvalue weighted by Gasteiger charge is -2.27. The van der Waals surface area contributed by atoms with Gasteiger partial charge in [0.15, 0.2) is 0 Å². The number of carbonyl (C=O) groups excluding carboxylic acids is 1. The zero-order valence-electron chi connectivity index (χ0n) is 14.4. The van der Waals surface area contributed by atoms with Gasteiger partial charge >= 0.3 is 0 Å². The van der Waals surface area contributed by atoms with Gasteiger partial charge in [0.05, 0.1) is 19.8 Å². The second kappa shape index (κ2) is 8.43. The van der Waals surface area contributed by atoms with Gasteiger partial charge in [0, 0.05) is 32.7 Å². The van der Waals surface area contributed by atoms with Crippen molar-refractivity contribution in [2.45, 2.75) is 6.54 Å². The van der Waals surface area contributed by atoms with Crippen LogP contribution in [0.4, 0.5) is 11.6 Å². The molecule has 1 aliphatic rings. The highest BCUT2D eigenvalue weighted by Crippen LogP contribution is 2.15. The molecule has 2 aromatic rings. The molecule has 0 saturated carbocycles. The van der Waals surface area contributed by atoms with Crippen LogP contribution >= 0.6 is 0 Å². The number of likely N-dealkylation sites (N-methyl/N-ethyl adjacent to an activating group) is 1. The Morgan fingerprint density at radius 1 is 1.24 bits per heavy atom. The van der Waals surface area contributed by atoms with Crippen molar-refractivity contribution in [3.05, 3.63) is 48.3 Å². The van der Waals surface area contributed by atoms with E-state index < -0.39 is 0 Å². The van der Waals surface area contributed by atoms with E-state index >= 15 is 0 Å². The first-order chi connectivity index (χ1) is 12.2. The monoisotopic (exact) mass is 341 g/mol. The van der Waals surface area contributed by atoms with E-state index in [0.29, 0.717) is 25.6 Å². The largest absolute Gasteiger partial charge is 0.378 e. The van der Waals surface area contributed by atoms with Crippen molar-refractivity contribution in [1.29, 1.82) is 0 Å². The minimum Gasteiger partial charge on any atom is -0.378 e. The summed E-state index contributed by atoms with van der Waals surface area (Å²) in [6, 6.07) is 11.8. The number of rotatable bonds is 6. The van der Waals surface area contributed by atoms with Gasteiger partial charge < -0.3 is 19.9 Å². The lowest BCUT2D eigenvalue weighted by molar-refractivity contribution is -0.128. The Bertz CT molecular complexity index is 689. The van der Waals surface area contributed by atoms with E-state index in [1.165, 1.54) is 6.33 Å². The third-order valence-electron chi connectivity index (χ3n) is 4.10. The number of morpholine rings is 1. The first kappa shape index (κ1) is 17.2. The molecule has 1 aromatic carbocycles. The molecule has 3 rings (SSSR count). The number of aromatic nitrogens is 2. The molecule has 1 aromatic heterocycles. The van der Waals surface area contributed by atoms with E-state index in [2.05, 4.69) is 20.2 Å². The summed E-state index contributed by atoms with van der Waals surface area (Å²) in [7, 11) is 1.80. The van der Waals surface area contributed by atoms with Gasteiger partial charge in [0.25, 0.3) is 0 Å². The van der Waals surface area contributed by atoms with E-state index in [-0.39, 0.29) is 12.5 Å². The first-order valence-corrected chi connectivity index (χ1v) is 8.39. The molecule has 0 radical (unpaired) electrons. The Morgan fingerprint density at radius 2 is 2.00 bits per heavy atom. The molecule has 1 fully saturated rings. The summed E-state index contributed by atoms with van der Waals surface area (Å²) in [4.78, 5) is 24.7. The maximum atomic E-state index is 12.3. The van der Waals surface area contributed by atoms with Crippen LogP contribution in [-0.2, 0) is 16.1 Å². The van der Waals surface area contributed by atoms with Crippen LogP contribution in [0.25, 0.3) is 0 Å². The predicted octanol–water partition coefficient (Wildman–Crippen LogP) is 1.38. The normalized spacial score (nSPS) is 14.2. The third kappa shape index (κ3) is 4.90. The van der Waals surface area contributed by atoms with Crippen LogP contribution < -0.4 is 10.2 Å². The highest BCUT2D eigenvalue weighted by atomic mass is 16.5. The maximum absolute atomic E-state index is 12.3. The molecule has 1 saturated heterocycles. The number of hydrogen-bond donors (Lipinski definition) is 1. The molecule has 0 atom stereocenters. The van der Waals surface area contributed by atoms with Crippen LogP contribution in [0, 0.1) is 0 Å². The molecule has 0 aliphatic carbocycles. The summed E-state index contributed by atoms with van der Waals surface area (Å²) >= 11 is 0. The van der Waals surface area contributed by atoms with Crippen LogP contribution in [0.5, 0.6) is 0 Å². The third-order valence-corrected chi connectivity index (χ3v) is 4.10. The second-order valence-electron chi connectivity index (χ2n) is 5.95. The summed E-state index contributed by atoms with van der Waals surface area (Å²) in [5.41, 5.74) is 1.11. The number of hydrogen-bond acceptors (Lipinski definition) is 6. The average molecular weight is 341 g/mol. The summed E-state index contributed by atoms with van der Waals surface area (Å²) < 4.78 is 5.35. The van der Waals surface area contributed by atoms with Crippen LogP contribution in [0.1, 0.15) is 5.56 Å². The number of anilines is 2. The number of benzene rings is 1. The molecule has 132 valence electrons. The Labute approximate surface area is 147 Å².